The van der Waals surface area contributed by atoms with Crippen molar-refractivity contribution in [2.24, 2.45) is 5.73 Å². The zero-order valence-electron chi connectivity index (χ0n) is 6.59. The van der Waals surface area contributed by atoms with E-state index in [2.05, 4.69) is 0 Å². The number of nitriles is 1. The number of aryl methyl sites for hydroxylation is 2. The second-order valence-corrected chi connectivity index (χ2v) is 2.51. The summed E-state index contributed by atoms with van der Waals surface area (Å²) >= 11 is 0. The molecule has 0 radical (unpaired) electrons. The van der Waals surface area contributed by atoms with Crippen LogP contribution in [0.2, 0.25) is 0 Å². The van der Waals surface area contributed by atoms with E-state index in [-0.39, 0.29) is 0 Å². The number of nitrogens with two attached hydrogens (primary N) is 1. The summed E-state index contributed by atoms with van der Waals surface area (Å²) in [7, 11) is 0. The lowest BCUT2D eigenvalue weighted by atomic mass is 10.2. The lowest BCUT2D eigenvalue weighted by molar-refractivity contribution is 0.470. The quantitative estimate of drug-likeness (QED) is 0.658. The van der Waals surface area contributed by atoms with Crippen molar-refractivity contribution in [1.82, 2.24) is 0 Å². The molecule has 0 aromatic carbocycles. The highest BCUT2D eigenvalue weighted by molar-refractivity contribution is 5.25. The van der Waals surface area contributed by atoms with E-state index in [1.165, 1.54) is 0 Å². The van der Waals surface area contributed by atoms with Gasteiger partial charge in [0.25, 0.3) is 0 Å². The van der Waals surface area contributed by atoms with E-state index in [1.807, 2.05) is 26.0 Å². The van der Waals surface area contributed by atoms with Crippen molar-refractivity contribution in [3.05, 3.63) is 23.2 Å². The summed E-state index contributed by atoms with van der Waals surface area (Å²) in [6.07, 6.45) is 0. The van der Waals surface area contributed by atoms with Gasteiger partial charge in [-0.3, -0.25) is 0 Å². The topological polar surface area (TPSA) is 63.0 Å². The van der Waals surface area contributed by atoms with Crippen LogP contribution in [0.3, 0.4) is 0 Å². The molecule has 1 rings (SSSR count). The molecule has 0 saturated carbocycles. The van der Waals surface area contributed by atoms with Gasteiger partial charge in [-0.25, -0.2) is 0 Å². The molecule has 58 valence electrons. The Balaban J connectivity index is 3.05. The number of hydrogen-bond acceptors (Lipinski definition) is 3. The van der Waals surface area contributed by atoms with Crippen LogP contribution in [0.1, 0.15) is 23.1 Å². The highest BCUT2D eigenvalue weighted by atomic mass is 16.3. The smallest absolute Gasteiger partial charge is 0.152 e. The van der Waals surface area contributed by atoms with Gasteiger partial charge in [-0.2, -0.15) is 5.26 Å². The summed E-state index contributed by atoms with van der Waals surface area (Å²) in [6.45, 7) is 3.71. The normalized spacial score (nSPS) is 12.5. The van der Waals surface area contributed by atoms with Gasteiger partial charge in [-0.05, 0) is 25.5 Å². The predicted octanol–water partition coefficient (Wildman–Crippen LogP) is 1.42. The molecule has 1 atom stereocenters. The van der Waals surface area contributed by atoms with Gasteiger partial charge in [0.05, 0.1) is 6.07 Å². The molecule has 1 aromatic rings. The van der Waals surface area contributed by atoms with Gasteiger partial charge in [-0.1, -0.05) is 0 Å². The van der Waals surface area contributed by atoms with Gasteiger partial charge >= 0.3 is 0 Å². The third-order valence-corrected chi connectivity index (χ3v) is 1.50. The lowest BCUT2D eigenvalue weighted by Crippen LogP contribution is -2.06. The Morgan fingerprint density at radius 1 is 1.64 bits per heavy atom. The molecule has 0 amide bonds. The van der Waals surface area contributed by atoms with Gasteiger partial charge in [0.2, 0.25) is 0 Å². The number of rotatable bonds is 1. The molecule has 1 unspecified atom stereocenters. The summed E-state index contributed by atoms with van der Waals surface area (Å²) in [4.78, 5) is 0. The van der Waals surface area contributed by atoms with Crippen molar-refractivity contribution < 1.29 is 4.42 Å². The molecule has 0 aliphatic heterocycles. The summed E-state index contributed by atoms with van der Waals surface area (Å²) in [6, 6.07) is 3.15. The van der Waals surface area contributed by atoms with Crippen LogP contribution in [0, 0.1) is 25.2 Å². The van der Waals surface area contributed by atoms with E-state index in [9.17, 15) is 0 Å². The summed E-state index contributed by atoms with van der Waals surface area (Å²) in [5.41, 5.74) is 6.39. The Morgan fingerprint density at radius 3 is 2.64 bits per heavy atom. The minimum Gasteiger partial charge on any atom is -0.463 e. The van der Waals surface area contributed by atoms with Crippen LogP contribution >= 0.6 is 0 Å². The van der Waals surface area contributed by atoms with Gasteiger partial charge in [0.15, 0.2) is 6.04 Å². The first kappa shape index (κ1) is 7.83. The zero-order chi connectivity index (χ0) is 8.43. The third-order valence-electron chi connectivity index (χ3n) is 1.50. The molecule has 0 aliphatic carbocycles. The monoisotopic (exact) mass is 150 g/mol. The van der Waals surface area contributed by atoms with E-state index >= 15 is 0 Å². The summed E-state index contributed by atoms with van der Waals surface area (Å²) in [5, 5.41) is 8.49. The van der Waals surface area contributed by atoms with Crippen LogP contribution in [0.15, 0.2) is 10.5 Å². The molecule has 3 heteroatoms. The summed E-state index contributed by atoms with van der Waals surface area (Å²) in [5.74, 6) is 1.37. The second kappa shape index (κ2) is 2.77. The largest absolute Gasteiger partial charge is 0.463 e. The molecule has 11 heavy (non-hydrogen) atoms. The van der Waals surface area contributed by atoms with Crippen molar-refractivity contribution in [3.63, 3.8) is 0 Å². The third kappa shape index (κ3) is 1.41. The molecule has 1 heterocycles. The number of hydrogen-bond donors (Lipinski definition) is 1. The van der Waals surface area contributed by atoms with Crippen molar-refractivity contribution in [2.75, 3.05) is 0 Å². The van der Waals surface area contributed by atoms with Gasteiger partial charge in [0, 0.05) is 0 Å². The minimum atomic E-state index is -0.635. The van der Waals surface area contributed by atoms with Crippen LogP contribution in [0.4, 0.5) is 0 Å². The highest BCUT2D eigenvalue weighted by Crippen LogP contribution is 2.18. The van der Waals surface area contributed by atoms with Gasteiger partial charge in [0.1, 0.15) is 11.5 Å². The Morgan fingerprint density at radius 2 is 2.27 bits per heavy atom. The first-order chi connectivity index (χ1) is 5.15. The molecule has 0 fully saturated rings. The van der Waals surface area contributed by atoms with Crippen LogP contribution < -0.4 is 5.73 Å². The molecular formula is C8H10N2O. The molecule has 1 aromatic heterocycles. The Labute approximate surface area is 65.4 Å². The average molecular weight is 150 g/mol. The maximum Gasteiger partial charge on any atom is 0.152 e. The number of nitrogens with zero attached hydrogens (tertiary/aromatic N) is 1. The molecular weight excluding hydrogens is 140 g/mol. The first-order valence-electron chi connectivity index (χ1n) is 3.37. The van der Waals surface area contributed by atoms with E-state index in [0.29, 0.717) is 5.76 Å². The van der Waals surface area contributed by atoms with E-state index < -0.39 is 6.04 Å². The first-order valence-corrected chi connectivity index (χ1v) is 3.37. The maximum atomic E-state index is 8.49. The molecule has 0 spiro atoms. The SMILES string of the molecule is Cc1cc(C)c(C(N)C#N)o1. The number of furan rings is 1. The van der Waals surface area contributed by atoms with Crippen molar-refractivity contribution in [3.8, 4) is 6.07 Å². The molecule has 0 aliphatic rings. The molecule has 3 nitrogen and oxygen atoms in total. The van der Waals surface area contributed by atoms with Gasteiger partial charge in [-0.15, -0.1) is 0 Å². The Bertz CT molecular complexity index is 296. The van der Waals surface area contributed by atoms with Gasteiger partial charge < -0.3 is 10.2 Å². The summed E-state index contributed by atoms with van der Waals surface area (Å²) < 4.78 is 5.22. The lowest BCUT2D eigenvalue weighted by Gasteiger charge is -1.97. The second-order valence-electron chi connectivity index (χ2n) is 2.51. The average Bonchev–Trinajstić information content (AvgIpc) is 2.28. The fourth-order valence-corrected chi connectivity index (χ4v) is 1.03. The van der Waals surface area contributed by atoms with Crippen molar-refractivity contribution in [1.29, 1.82) is 5.26 Å². The maximum absolute atomic E-state index is 8.49. The van der Waals surface area contributed by atoms with E-state index in [4.69, 9.17) is 15.4 Å². The van der Waals surface area contributed by atoms with Crippen LogP contribution in [0.5, 0.6) is 0 Å². The standard InChI is InChI=1S/C8H10N2O/c1-5-3-6(2)11-8(5)7(10)4-9/h3,7H,10H2,1-2H3. The predicted molar refractivity (Wildman–Crippen MR) is 40.7 cm³/mol. The zero-order valence-corrected chi connectivity index (χ0v) is 6.59. The molecule has 0 saturated heterocycles. The van der Waals surface area contributed by atoms with Crippen LogP contribution in [-0.4, -0.2) is 0 Å². The molecule has 0 bridgehead atoms. The Kier molecular flexibility index (Phi) is 1.97. The molecule has 2 N–H and O–H groups in total. The van der Waals surface area contributed by atoms with E-state index in [0.717, 1.165) is 11.3 Å². The van der Waals surface area contributed by atoms with Crippen molar-refractivity contribution in [2.45, 2.75) is 19.9 Å². The van der Waals surface area contributed by atoms with Crippen LogP contribution in [0.25, 0.3) is 0 Å². The van der Waals surface area contributed by atoms with Crippen molar-refractivity contribution >= 4 is 0 Å². The Hall–Kier alpha value is -1.27. The highest BCUT2D eigenvalue weighted by Gasteiger charge is 2.12. The van der Waals surface area contributed by atoms with E-state index in [1.54, 1.807) is 0 Å². The fourth-order valence-electron chi connectivity index (χ4n) is 1.03. The fraction of sp³-hybridized carbons (Fsp3) is 0.375. The van der Waals surface area contributed by atoms with Crippen LogP contribution in [-0.2, 0) is 0 Å². The minimum absolute atomic E-state index is 0.574.